The SMILES string of the molecule is Cc1cc(C)c(CN2CCC3(CNC(=O)CO3)C2)c(-n2cccn2)c1. The van der Waals surface area contributed by atoms with Crippen LogP contribution in [0.25, 0.3) is 5.69 Å². The summed E-state index contributed by atoms with van der Waals surface area (Å²) >= 11 is 0. The van der Waals surface area contributed by atoms with Crippen LogP contribution in [0.1, 0.15) is 23.1 Å². The molecule has 1 spiro atoms. The molecule has 1 N–H and O–H groups in total. The maximum absolute atomic E-state index is 11.4. The predicted molar refractivity (Wildman–Crippen MR) is 94.6 cm³/mol. The van der Waals surface area contributed by atoms with E-state index in [0.717, 1.165) is 31.7 Å². The molecule has 1 unspecified atom stereocenters. The zero-order valence-corrected chi connectivity index (χ0v) is 14.8. The Morgan fingerprint density at radius 3 is 2.96 bits per heavy atom. The molecule has 2 aliphatic rings. The lowest BCUT2D eigenvalue weighted by Gasteiger charge is -2.33. The molecule has 0 radical (unpaired) electrons. The van der Waals surface area contributed by atoms with Gasteiger partial charge in [-0.05, 0) is 49.1 Å². The number of nitrogens with zero attached hydrogens (tertiary/aromatic N) is 3. The Morgan fingerprint density at radius 1 is 1.36 bits per heavy atom. The summed E-state index contributed by atoms with van der Waals surface area (Å²) in [6.07, 6.45) is 4.75. The van der Waals surface area contributed by atoms with Gasteiger partial charge < -0.3 is 10.1 Å². The number of benzene rings is 1. The van der Waals surface area contributed by atoms with Crippen molar-refractivity contribution >= 4 is 5.91 Å². The van der Waals surface area contributed by atoms with Crippen molar-refractivity contribution in [2.45, 2.75) is 32.4 Å². The van der Waals surface area contributed by atoms with Crippen molar-refractivity contribution in [3.63, 3.8) is 0 Å². The zero-order valence-electron chi connectivity index (χ0n) is 14.8. The summed E-state index contributed by atoms with van der Waals surface area (Å²) in [5.74, 6) is -0.0144. The molecule has 1 aromatic carbocycles. The van der Waals surface area contributed by atoms with Crippen LogP contribution in [-0.4, -0.2) is 52.4 Å². The van der Waals surface area contributed by atoms with Crippen LogP contribution in [0.5, 0.6) is 0 Å². The van der Waals surface area contributed by atoms with Crippen LogP contribution in [0, 0.1) is 13.8 Å². The highest BCUT2D eigenvalue weighted by molar-refractivity contribution is 5.78. The third kappa shape index (κ3) is 3.19. The molecule has 0 aliphatic carbocycles. The number of ether oxygens (including phenoxy) is 1. The summed E-state index contributed by atoms with van der Waals surface area (Å²) in [6, 6.07) is 6.37. The number of aryl methyl sites for hydroxylation is 2. The summed E-state index contributed by atoms with van der Waals surface area (Å²) in [7, 11) is 0. The summed E-state index contributed by atoms with van der Waals surface area (Å²) in [5.41, 5.74) is 4.73. The van der Waals surface area contributed by atoms with Crippen molar-refractivity contribution in [1.82, 2.24) is 20.0 Å². The minimum absolute atomic E-state index is 0.0144. The first-order chi connectivity index (χ1) is 12.0. The number of rotatable bonds is 3. The van der Waals surface area contributed by atoms with Gasteiger partial charge in [-0.1, -0.05) is 6.07 Å². The molecular formula is C19H24N4O2. The number of hydrogen-bond donors (Lipinski definition) is 1. The van der Waals surface area contributed by atoms with Gasteiger partial charge in [-0.3, -0.25) is 9.69 Å². The summed E-state index contributed by atoms with van der Waals surface area (Å²) in [6.45, 7) is 7.75. The quantitative estimate of drug-likeness (QED) is 0.922. The summed E-state index contributed by atoms with van der Waals surface area (Å²) in [4.78, 5) is 13.8. The second kappa shape index (κ2) is 6.28. The van der Waals surface area contributed by atoms with E-state index in [4.69, 9.17) is 4.74 Å². The maximum Gasteiger partial charge on any atom is 0.246 e. The number of morpholine rings is 1. The van der Waals surface area contributed by atoms with Crippen LogP contribution in [0.15, 0.2) is 30.6 Å². The van der Waals surface area contributed by atoms with Crippen LogP contribution in [0.2, 0.25) is 0 Å². The monoisotopic (exact) mass is 340 g/mol. The zero-order chi connectivity index (χ0) is 17.4. The molecule has 1 atom stereocenters. The lowest BCUT2D eigenvalue weighted by atomic mass is 10.0. The number of carbonyl (C=O) groups is 1. The molecule has 2 aliphatic heterocycles. The first-order valence-electron chi connectivity index (χ1n) is 8.78. The van der Waals surface area contributed by atoms with Gasteiger partial charge in [-0.2, -0.15) is 5.10 Å². The van der Waals surface area contributed by atoms with Crippen LogP contribution < -0.4 is 5.32 Å². The molecule has 0 bridgehead atoms. The van der Waals surface area contributed by atoms with Crippen molar-refractivity contribution in [2.24, 2.45) is 0 Å². The number of likely N-dealkylation sites (tertiary alicyclic amines) is 1. The van der Waals surface area contributed by atoms with Crippen molar-refractivity contribution in [3.8, 4) is 5.69 Å². The van der Waals surface area contributed by atoms with Crippen LogP contribution in [-0.2, 0) is 16.1 Å². The van der Waals surface area contributed by atoms with Crippen molar-refractivity contribution in [1.29, 1.82) is 0 Å². The van der Waals surface area contributed by atoms with Crippen molar-refractivity contribution in [3.05, 3.63) is 47.3 Å². The third-order valence-corrected chi connectivity index (χ3v) is 5.24. The van der Waals surface area contributed by atoms with Crippen LogP contribution >= 0.6 is 0 Å². The fraction of sp³-hybridized carbons (Fsp3) is 0.474. The minimum Gasteiger partial charge on any atom is -0.362 e. The fourth-order valence-corrected chi connectivity index (χ4v) is 3.93. The van der Waals surface area contributed by atoms with E-state index in [9.17, 15) is 4.79 Å². The Bertz CT molecular complexity index is 775. The Balaban J connectivity index is 1.56. The second-order valence-electron chi connectivity index (χ2n) is 7.24. The third-order valence-electron chi connectivity index (χ3n) is 5.24. The molecule has 25 heavy (non-hydrogen) atoms. The summed E-state index contributed by atoms with van der Waals surface area (Å²) < 4.78 is 7.83. The number of amides is 1. The van der Waals surface area contributed by atoms with Gasteiger partial charge in [0.2, 0.25) is 5.91 Å². The molecule has 2 aromatic rings. The van der Waals surface area contributed by atoms with E-state index in [1.807, 2.05) is 23.1 Å². The highest BCUT2D eigenvalue weighted by Gasteiger charge is 2.42. The molecule has 3 heterocycles. The maximum atomic E-state index is 11.4. The van der Waals surface area contributed by atoms with Gasteiger partial charge in [-0.25, -0.2) is 4.68 Å². The Kier molecular flexibility index (Phi) is 4.09. The lowest BCUT2D eigenvalue weighted by molar-refractivity contribution is -0.142. The first-order valence-corrected chi connectivity index (χ1v) is 8.78. The standard InChI is InChI=1S/C19H24N4O2/c1-14-8-15(2)16(17(9-14)23-6-3-5-21-23)10-22-7-4-19(13-22)12-20-18(24)11-25-19/h3,5-6,8-9H,4,7,10-13H2,1-2H3,(H,20,24). The summed E-state index contributed by atoms with van der Waals surface area (Å²) in [5, 5.41) is 7.37. The number of hydrogen-bond acceptors (Lipinski definition) is 4. The van der Waals surface area contributed by atoms with E-state index >= 15 is 0 Å². The van der Waals surface area contributed by atoms with Crippen LogP contribution in [0.3, 0.4) is 0 Å². The number of nitrogens with one attached hydrogen (secondary N) is 1. The topological polar surface area (TPSA) is 59.4 Å². The van der Waals surface area contributed by atoms with E-state index < -0.39 is 0 Å². The van der Waals surface area contributed by atoms with Crippen molar-refractivity contribution in [2.75, 3.05) is 26.2 Å². The molecule has 0 saturated carbocycles. The fourth-order valence-electron chi connectivity index (χ4n) is 3.93. The highest BCUT2D eigenvalue weighted by atomic mass is 16.5. The average molecular weight is 340 g/mol. The van der Waals surface area contributed by atoms with E-state index in [1.165, 1.54) is 16.7 Å². The molecular weight excluding hydrogens is 316 g/mol. The van der Waals surface area contributed by atoms with E-state index in [0.29, 0.717) is 6.54 Å². The Hall–Kier alpha value is -2.18. The molecule has 2 fully saturated rings. The highest BCUT2D eigenvalue weighted by Crippen LogP contribution is 2.30. The van der Waals surface area contributed by atoms with Crippen molar-refractivity contribution < 1.29 is 9.53 Å². The van der Waals surface area contributed by atoms with E-state index in [-0.39, 0.29) is 18.1 Å². The van der Waals surface area contributed by atoms with Gasteiger partial charge in [0.05, 0.1) is 11.3 Å². The van der Waals surface area contributed by atoms with E-state index in [2.05, 4.69) is 41.3 Å². The minimum atomic E-state index is -0.224. The molecule has 1 aromatic heterocycles. The molecule has 4 rings (SSSR count). The van der Waals surface area contributed by atoms with Crippen LogP contribution in [0.4, 0.5) is 0 Å². The number of aromatic nitrogens is 2. The lowest BCUT2D eigenvalue weighted by Crippen LogP contribution is -2.53. The largest absolute Gasteiger partial charge is 0.362 e. The Morgan fingerprint density at radius 2 is 2.24 bits per heavy atom. The average Bonchev–Trinajstić information content (AvgIpc) is 3.24. The first kappa shape index (κ1) is 16.3. The Labute approximate surface area is 147 Å². The smallest absolute Gasteiger partial charge is 0.246 e. The van der Waals surface area contributed by atoms with Gasteiger partial charge in [-0.15, -0.1) is 0 Å². The van der Waals surface area contributed by atoms with Gasteiger partial charge in [0.15, 0.2) is 0 Å². The van der Waals surface area contributed by atoms with Gasteiger partial charge in [0.1, 0.15) is 6.61 Å². The predicted octanol–water partition coefficient (Wildman–Crippen LogP) is 1.58. The van der Waals surface area contributed by atoms with Gasteiger partial charge in [0, 0.05) is 38.6 Å². The van der Waals surface area contributed by atoms with Gasteiger partial charge in [0.25, 0.3) is 0 Å². The number of carbonyl (C=O) groups excluding carboxylic acids is 1. The van der Waals surface area contributed by atoms with E-state index in [1.54, 1.807) is 0 Å². The van der Waals surface area contributed by atoms with Gasteiger partial charge >= 0.3 is 0 Å². The second-order valence-corrected chi connectivity index (χ2v) is 7.24. The molecule has 132 valence electrons. The molecule has 2 saturated heterocycles. The normalized spacial score (nSPS) is 24.0. The molecule has 1 amide bonds. The molecule has 6 nitrogen and oxygen atoms in total. The molecule has 6 heteroatoms.